The summed E-state index contributed by atoms with van der Waals surface area (Å²) in [5, 5.41) is 18.1. The lowest BCUT2D eigenvalue weighted by Crippen LogP contribution is -2.21. The number of carboxylic acid groups (broad SMARTS) is 1. The molecule has 1 atom stereocenters. The molecule has 15 heavy (non-hydrogen) atoms. The molecule has 0 bridgehead atoms. The van der Waals surface area contributed by atoms with Gasteiger partial charge in [0, 0.05) is 5.56 Å². The van der Waals surface area contributed by atoms with Gasteiger partial charge in [-0.1, -0.05) is 0 Å². The summed E-state index contributed by atoms with van der Waals surface area (Å²) in [5.41, 5.74) is 5.24. The highest BCUT2D eigenvalue weighted by Gasteiger charge is 2.23. The summed E-state index contributed by atoms with van der Waals surface area (Å²) in [6.45, 7) is 0. The van der Waals surface area contributed by atoms with E-state index in [9.17, 15) is 14.3 Å². The highest BCUT2D eigenvalue weighted by molar-refractivity contribution is 9.11. The third kappa shape index (κ3) is 2.30. The standard InChI is InChI=1S/C8H6Br2FNO3/c9-3-1-2(6(12)8(14)15)7(13)4(10)5(3)11/h1,6,13H,12H2,(H,14,15)/t6-/m0/s1. The van der Waals surface area contributed by atoms with Gasteiger partial charge in [-0.25, -0.2) is 4.39 Å². The fourth-order valence-electron chi connectivity index (χ4n) is 0.974. The van der Waals surface area contributed by atoms with E-state index in [4.69, 9.17) is 10.8 Å². The minimum atomic E-state index is -1.40. The van der Waals surface area contributed by atoms with E-state index < -0.39 is 23.6 Å². The summed E-state index contributed by atoms with van der Waals surface area (Å²) < 4.78 is 13.0. The minimum Gasteiger partial charge on any atom is -0.506 e. The van der Waals surface area contributed by atoms with E-state index in [0.29, 0.717) is 0 Å². The lowest BCUT2D eigenvalue weighted by molar-refractivity contribution is -0.138. The number of phenolic OH excluding ortho intramolecular Hbond substituents is 1. The van der Waals surface area contributed by atoms with Gasteiger partial charge in [-0.05, 0) is 37.9 Å². The van der Waals surface area contributed by atoms with E-state index in [-0.39, 0.29) is 14.5 Å². The summed E-state index contributed by atoms with van der Waals surface area (Å²) in [6.07, 6.45) is 0. The monoisotopic (exact) mass is 341 g/mol. The number of hydrogen-bond donors (Lipinski definition) is 3. The quantitative estimate of drug-likeness (QED) is 0.719. The van der Waals surface area contributed by atoms with E-state index in [1.54, 1.807) is 0 Å². The molecule has 0 heterocycles. The summed E-state index contributed by atoms with van der Waals surface area (Å²) in [5.74, 6) is -2.53. The zero-order valence-corrected chi connectivity index (χ0v) is 10.3. The highest BCUT2D eigenvalue weighted by atomic mass is 79.9. The number of benzene rings is 1. The molecule has 1 rings (SSSR count). The van der Waals surface area contributed by atoms with Crippen molar-refractivity contribution in [2.24, 2.45) is 5.73 Å². The predicted molar refractivity (Wildman–Crippen MR) is 58.0 cm³/mol. The van der Waals surface area contributed by atoms with Gasteiger partial charge >= 0.3 is 5.97 Å². The van der Waals surface area contributed by atoms with Crippen molar-refractivity contribution in [1.82, 2.24) is 0 Å². The SMILES string of the molecule is N[C@H](C(=O)O)c1cc(Br)c(F)c(Br)c1O. The third-order valence-corrected chi connectivity index (χ3v) is 3.07. The molecule has 7 heteroatoms. The second-order valence-electron chi connectivity index (χ2n) is 2.74. The minimum absolute atomic E-state index is 0.0267. The van der Waals surface area contributed by atoms with Crippen LogP contribution in [0.5, 0.6) is 5.75 Å². The molecule has 0 saturated heterocycles. The van der Waals surface area contributed by atoms with Crippen molar-refractivity contribution in [2.45, 2.75) is 6.04 Å². The zero-order chi connectivity index (χ0) is 11.7. The van der Waals surface area contributed by atoms with Gasteiger partial charge < -0.3 is 15.9 Å². The molecule has 0 aliphatic heterocycles. The lowest BCUT2D eigenvalue weighted by atomic mass is 10.1. The maximum atomic E-state index is 13.2. The smallest absolute Gasteiger partial charge is 0.325 e. The second-order valence-corrected chi connectivity index (χ2v) is 4.39. The Hall–Kier alpha value is -0.660. The van der Waals surface area contributed by atoms with Crippen molar-refractivity contribution in [1.29, 1.82) is 0 Å². The normalized spacial score (nSPS) is 12.5. The van der Waals surface area contributed by atoms with Crippen LogP contribution in [0.2, 0.25) is 0 Å². The fourth-order valence-corrected chi connectivity index (χ4v) is 2.13. The van der Waals surface area contributed by atoms with Crippen molar-refractivity contribution in [3.05, 3.63) is 26.4 Å². The van der Waals surface area contributed by atoms with Crippen LogP contribution in [0.3, 0.4) is 0 Å². The molecule has 0 amide bonds. The van der Waals surface area contributed by atoms with Crippen molar-refractivity contribution >= 4 is 37.8 Å². The van der Waals surface area contributed by atoms with E-state index in [2.05, 4.69) is 31.9 Å². The first-order valence-electron chi connectivity index (χ1n) is 3.71. The molecule has 4 N–H and O–H groups in total. The van der Waals surface area contributed by atoms with E-state index in [0.717, 1.165) is 6.07 Å². The van der Waals surface area contributed by atoms with Crippen LogP contribution < -0.4 is 5.73 Å². The number of carboxylic acids is 1. The van der Waals surface area contributed by atoms with Crippen molar-refractivity contribution in [3.63, 3.8) is 0 Å². The van der Waals surface area contributed by atoms with Gasteiger partial charge in [0.15, 0.2) is 5.82 Å². The largest absolute Gasteiger partial charge is 0.506 e. The molecule has 0 unspecified atom stereocenters. The zero-order valence-electron chi connectivity index (χ0n) is 7.17. The molecule has 0 saturated carbocycles. The Kier molecular flexibility index (Phi) is 3.69. The summed E-state index contributed by atoms with van der Waals surface area (Å²) >= 11 is 5.68. The predicted octanol–water partition coefficient (Wildman–Crippen LogP) is 2.14. The maximum absolute atomic E-state index is 13.2. The number of aliphatic carboxylic acids is 1. The van der Waals surface area contributed by atoms with Crippen LogP contribution in [0.15, 0.2) is 15.0 Å². The first-order valence-corrected chi connectivity index (χ1v) is 5.29. The van der Waals surface area contributed by atoms with Gasteiger partial charge in [0.2, 0.25) is 0 Å². The van der Waals surface area contributed by atoms with E-state index in [1.165, 1.54) is 0 Å². The summed E-state index contributed by atoms with van der Waals surface area (Å²) in [4.78, 5) is 10.6. The molecule has 0 fully saturated rings. The molecule has 1 aromatic rings. The van der Waals surface area contributed by atoms with Crippen LogP contribution >= 0.6 is 31.9 Å². The van der Waals surface area contributed by atoms with Crippen LogP contribution in [0.25, 0.3) is 0 Å². The van der Waals surface area contributed by atoms with E-state index >= 15 is 0 Å². The van der Waals surface area contributed by atoms with Gasteiger partial charge in [0.25, 0.3) is 0 Å². The lowest BCUT2D eigenvalue weighted by Gasteiger charge is -2.11. The van der Waals surface area contributed by atoms with Gasteiger partial charge in [0.1, 0.15) is 11.8 Å². The molecule has 0 spiro atoms. The first-order chi connectivity index (χ1) is 6.86. The van der Waals surface area contributed by atoms with Crippen LogP contribution in [0.4, 0.5) is 4.39 Å². The van der Waals surface area contributed by atoms with Crippen molar-refractivity contribution < 1.29 is 19.4 Å². The van der Waals surface area contributed by atoms with E-state index in [1.807, 2.05) is 0 Å². The summed E-state index contributed by atoms with van der Waals surface area (Å²) in [6, 6.07) is -0.271. The number of rotatable bonds is 2. The maximum Gasteiger partial charge on any atom is 0.325 e. The Labute approximate surface area is 101 Å². The Morgan fingerprint density at radius 2 is 2.07 bits per heavy atom. The molecule has 0 aromatic heterocycles. The number of halogens is 3. The van der Waals surface area contributed by atoms with Crippen LogP contribution in [0, 0.1) is 5.82 Å². The number of carbonyl (C=O) groups is 1. The second kappa shape index (κ2) is 4.46. The molecule has 0 aliphatic rings. The Bertz CT molecular complexity index is 425. The Morgan fingerprint density at radius 1 is 1.53 bits per heavy atom. The topological polar surface area (TPSA) is 83.6 Å². The average molecular weight is 343 g/mol. The Morgan fingerprint density at radius 3 is 2.53 bits per heavy atom. The number of nitrogens with two attached hydrogens (primary N) is 1. The first kappa shape index (κ1) is 12.4. The van der Waals surface area contributed by atoms with Gasteiger partial charge in [0.05, 0.1) is 8.95 Å². The molecule has 0 aliphatic carbocycles. The fraction of sp³-hybridized carbons (Fsp3) is 0.125. The number of phenols is 1. The molecular formula is C8H6Br2FNO3. The molecular weight excluding hydrogens is 337 g/mol. The third-order valence-electron chi connectivity index (χ3n) is 1.77. The average Bonchev–Trinajstić information content (AvgIpc) is 2.19. The molecule has 1 aromatic carbocycles. The summed E-state index contributed by atoms with van der Waals surface area (Å²) in [7, 11) is 0. The number of hydrogen-bond acceptors (Lipinski definition) is 3. The molecule has 0 radical (unpaired) electrons. The number of aromatic hydroxyl groups is 1. The highest BCUT2D eigenvalue weighted by Crippen LogP contribution is 2.37. The molecule has 4 nitrogen and oxygen atoms in total. The van der Waals surface area contributed by atoms with Crippen LogP contribution in [-0.4, -0.2) is 16.2 Å². The van der Waals surface area contributed by atoms with Crippen LogP contribution in [0.1, 0.15) is 11.6 Å². The van der Waals surface area contributed by atoms with Gasteiger partial charge in [-0.15, -0.1) is 0 Å². The van der Waals surface area contributed by atoms with Crippen molar-refractivity contribution in [3.8, 4) is 5.75 Å². The molecule has 82 valence electrons. The van der Waals surface area contributed by atoms with Crippen LogP contribution in [-0.2, 0) is 4.79 Å². The van der Waals surface area contributed by atoms with Gasteiger partial charge in [-0.3, -0.25) is 4.79 Å². The Balaban J connectivity index is 3.38. The van der Waals surface area contributed by atoms with Gasteiger partial charge in [-0.2, -0.15) is 0 Å². The van der Waals surface area contributed by atoms with Crippen molar-refractivity contribution in [2.75, 3.05) is 0 Å².